The molecule has 0 saturated heterocycles. The molecule has 1 aliphatic heterocycles. The van der Waals surface area contributed by atoms with Gasteiger partial charge in [0, 0.05) is 31.6 Å². The lowest BCUT2D eigenvalue weighted by molar-refractivity contribution is 0.0957. The van der Waals surface area contributed by atoms with Gasteiger partial charge in [-0.15, -0.1) is 0 Å². The van der Waals surface area contributed by atoms with Crippen molar-refractivity contribution in [3.63, 3.8) is 0 Å². The van der Waals surface area contributed by atoms with Crippen molar-refractivity contribution in [2.24, 2.45) is 12.9 Å². The molecule has 0 atom stereocenters. The SMILES string of the molecule is Cn1c(=O)n(Cc2ccc(F)cc2)c(=O)c2cc(C(=O)NCC3=CNN(N)C=C3)ccc21. The van der Waals surface area contributed by atoms with Crippen LogP contribution in [0, 0.1) is 5.82 Å². The van der Waals surface area contributed by atoms with Crippen molar-refractivity contribution in [3.8, 4) is 0 Å². The van der Waals surface area contributed by atoms with E-state index in [-0.39, 0.29) is 29.9 Å². The predicted octanol–water partition coefficient (Wildman–Crippen LogP) is 0.709. The van der Waals surface area contributed by atoms with Crippen LogP contribution in [0.5, 0.6) is 0 Å². The van der Waals surface area contributed by atoms with Gasteiger partial charge in [-0.25, -0.2) is 20.1 Å². The Kier molecular flexibility index (Phi) is 5.61. The number of nitrogens with two attached hydrogens (primary N) is 1. The van der Waals surface area contributed by atoms with E-state index in [4.69, 9.17) is 5.84 Å². The number of rotatable bonds is 5. The molecule has 10 heteroatoms. The molecule has 9 nitrogen and oxygen atoms in total. The fourth-order valence-electron chi connectivity index (χ4n) is 3.39. The Balaban J connectivity index is 1.64. The zero-order chi connectivity index (χ0) is 22.8. The van der Waals surface area contributed by atoms with Crippen LogP contribution in [0.15, 0.2) is 76.1 Å². The molecule has 0 fully saturated rings. The first-order valence-electron chi connectivity index (χ1n) is 9.77. The van der Waals surface area contributed by atoms with Crippen LogP contribution in [0.3, 0.4) is 0 Å². The van der Waals surface area contributed by atoms with Crippen molar-refractivity contribution >= 4 is 16.8 Å². The van der Waals surface area contributed by atoms with Gasteiger partial charge in [0.2, 0.25) is 0 Å². The first-order chi connectivity index (χ1) is 15.3. The highest BCUT2D eigenvalue weighted by molar-refractivity contribution is 5.98. The lowest BCUT2D eigenvalue weighted by atomic mass is 10.1. The minimum absolute atomic E-state index is 0.0101. The molecule has 3 aromatic rings. The highest BCUT2D eigenvalue weighted by atomic mass is 19.1. The number of aryl methyl sites for hydroxylation is 1. The van der Waals surface area contributed by atoms with E-state index in [2.05, 4.69) is 10.7 Å². The fraction of sp³-hybridized carbons (Fsp3) is 0.136. The lowest BCUT2D eigenvalue weighted by Gasteiger charge is -2.18. The lowest BCUT2D eigenvalue weighted by Crippen LogP contribution is -2.39. The second kappa shape index (κ2) is 8.52. The smallest absolute Gasteiger partial charge is 0.331 e. The van der Waals surface area contributed by atoms with Crippen LogP contribution in [-0.4, -0.2) is 26.7 Å². The number of halogens is 1. The van der Waals surface area contributed by atoms with Gasteiger partial charge in [-0.3, -0.25) is 24.1 Å². The van der Waals surface area contributed by atoms with Crippen molar-refractivity contribution in [2.75, 3.05) is 6.54 Å². The molecule has 0 unspecified atom stereocenters. The second-order valence-electron chi connectivity index (χ2n) is 7.35. The molecule has 0 aliphatic carbocycles. The van der Waals surface area contributed by atoms with Gasteiger partial charge in [0.05, 0.1) is 17.4 Å². The molecule has 0 spiro atoms. The molecule has 1 amide bonds. The summed E-state index contributed by atoms with van der Waals surface area (Å²) < 4.78 is 15.6. The van der Waals surface area contributed by atoms with E-state index < -0.39 is 17.1 Å². The third-order valence-electron chi connectivity index (χ3n) is 5.17. The summed E-state index contributed by atoms with van der Waals surface area (Å²) in [5.74, 6) is 4.76. The maximum Gasteiger partial charge on any atom is 0.331 e. The summed E-state index contributed by atoms with van der Waals surface area (Å²) in [6.07, 6.45) is 5.02. The zero-order valence-electron chi connectivity index (χ0n) is 17.2. The normalized spacial score (nSPS) is 13.1. The Morgan fingerprint density at radius 1 is 1.16 bits per heavy atom. The van der Waals surface area contributed by atoms with Crippen LogP contribution in [0.25, 0.3) is 10.9 Å². The number of hydrogen-bond donors (Lipinski definition) is 3. The first-order valence-corrected chi connectivity index (χ1v) is 9.77. The Morgan fingerprint density at radius 3 is 2.59 bits per heavy atom. The summed E-state index contributed by atoms with van der Waals surface area (Å²) in [7, 11) is 1.56. The molecule has 4 N–H and O–H groups in total. The van der Waals surface area contributed by atoms with E-state index in [0.29, 0.717) is 11.1 Å². The Morgan fingerprint density at radius 2 is 1.91 bits per heavy atom. The third-order valence-corrected chi connectivity index (χ3v) is 5.17. The van der Waals surface area contributed by atoms with Crippen molar-refractivity contribution in [2.45, 2.75) is 6.54 Å². The average Bonchev–Trinajstić information content (AvgIpc) is 2.80. The van der Waals surface area contributed by atoms with Crippen molar-refractivity contribution < 1.29 is 9.18 Å². The highest BCUT2D eigenvalue weighted by Crippen LogP contribution is 2.12. The molecule has 32 heavy (non-hydrogen) atoms. The minimum atomic E-state index is -0.521. The van der Waals surface area contributed by atoms with Gasteiger partial charge in [0.25, 0.3) is 11.5 Å². The van der Waals surface area contributed by atoms with Gasteiger partial charge >= 0.3 is 5.69 Å². The maximum atomic E-state index is 13.2. The summed E-state index contributed by atoms with van der Waals surface area (Å²) >= 11 is 0. The standard InChI is InChI=1S/C22H21FN6O3/c1-27-19-7-4-16(20(30)25-11-15-8-9-29(24)26-12-15)10-18(19)21(31)28(22(27)32)13-14-2-5-17(23)6-3-14/h2-10,12,26H,11,13,24H2,1H3,(H,25,30). The van der Waals surface area contributed by atoms with Crippen molar-refractivity contribution in [1.82, 2.24) is 25.0 Å². The molecule has 1 aliphatic rings. The van der Waals surface area contributed by atoms with E-state index >= 15 is 0 Å². The molecule has 2 heterocycles. The predicted molar refractivity (Wildman–Crippen MR) is 118 cm³/mol. The molecule has 1 aromatic heterocycles. The number of hydrogen-bond acceptors (Lipinski definition) is 6. The van der Waals surface area contributed by atoms with Crippen LogP contribution in [0.1, 0.15) is 15.9 Å². The van der Waals surface area contributed by atoms with E-state index in [9.17, 15) is 18.8 Å². The van der Waals surface area contributed by atoms with Crippen LogP contribution >= 0.6 is 0 Å². The van der Waals surface area contributed by atoms with Gasteiger partial charge in [-0.05, 0) is 47.5 Å². The summed E-state index contributed by atoms with van der Waals surface area (Å²) in [5.41, 5.74) is 3.88. The van der Waals surface area contributed by atoms with Gasteiger partial charge in [-0.2, -0.15) is 0 Å². The molecule has 0 saturated carbocycles. The van der Waals surface area contributed by atoms with Crippen LogP contribution in [-0.2, 0) is 13.6 Å². The Bertz CT molecular complexity index is 1370. The Labute approximate surface area is 181 Å². The third kappa shape index (κ3) is 4.16. The molecule has 164 valence electrons. The van der Waals surface area contributed by atoms with Crippen LogP contribution < -0.4 is 27.8 Å². The number of carbonyl (C=O) groups is 1. The van der Waals surface area contributed by atoms with Gasteiger partial charge < -0.3 is 5.32 Å². The van der Waals surface area contributed by atoms with Gasteiger partial charge in [0.1, 0.15) is 5.82 Å². The first kappa shape index (κ1) is 21.1. The second-order valence-corrected chi connectivity index (χ2v) is 7.35. The zero-order valence-corrected chi connectivity index (χ0v) is 17.2. The molecule has 2 aromatic carbocycles. The van der Waals surface area contributed by atoms with E-state index in [1.165, 1.54) is 40.0 Å². The number of hydrazine groups is 2. The molecular weight excluding hydrogens is 415 g/mol. The van der Waals surface area contributed by atoms with E-state index in [1.54, 1.807) is 37.7 Å². The van der Waals surface area contributed by atoms with Crippen molar-refractivity contribution in [3.05, 3.63) is 104 Å². The monoisotopic (exact) mass is 436 g/mol. The van der Waals surface area contributed by atoms with Crippen molar-refractivity contribution in [1.29, 1.82) is 0 Å². The fourth-order valence-corrected chi connectivity index (χ4v) is 3.39. The quantitative estimate of drug-likeness (QED) is 0.508. The topological polar surface area (TPSA) is 114 Å². The van der Waals surface area contributed by atoms with Gasteiger partial charge in [-0.1, -0.05) is 12.1 Å². The summed E-state index contributed by atoms with van der Waals surface area (Å²) in [4.78, 5) is 38.5. The molecule has 0 radical (unpaired) electrons. The molecular formula is C22H21FN6O3. The maximum absolute atomic E-state index is 13.2. The van der Waals surface area contributed by atoms with E-state index in [0.717, 1.165) is 10.1 Å². The molecule has 4 rings (SSSR count). The number of aromatic nitrogens is 2. The van der Waals surface area contributed by atoms with E-state index in [1.807, 2.05) is 0 Å². The molecule has 0 bridgehead atoms. The number of benzene rings is 2. The number of fused-ring (bicyclic) bond motifs is 1. The largest absolute Gasteiger partial charge is 0.348 e. The number of amides is 1. The number of nitrogens with one attached hydrogen (secondary N) is 2. The van der Waals surface area contributed by atoms with Crippen LogP contribution in [0.2, 0.25) is 0 Å². The van der Waals surface area contributed by atoms with Crippen LogP contribution in [0.4, 0.5) is 4.39 Å². The highest BCUT2D eigenvalue weighted by Gasteiger charge is 2.15. The minimum Gasteiger partial charge on any atom is -0.348 e. The average molecular weight is 436 g/mol. The summed E-state index contributed by atoms with van der Waals surface area (Å²) in [5, 5.41) is 4.29. The summed E-state index contributed by atoms with van der Waals surface area (Å²) in [6, 6.07) is 10.2. The Hall–Kier alpha value is -4.18. The number of nitrogens with zero attached hydrogens (tertiary/aromatic N) is 3. The van der Waals surface area contributed by atoms with Gasteiger partial charge in [0.15, 0.2) is 0 Å². The summed E-state index contributed by atoms with van der Waals surface area (Å²) in [6.45, 7) is 0.250. The number of carbonyl (C=O) groups excluding carboxylic acids is 1.